The Hall–Kier alpha value is -1.79. The third-order valence-electron chi connectivity index (χ3n) is 4.19. The van der Waals surface area contributed by atoms with Crippen molar-refractivity contribution in [3.05, 3.63) is 48.0 Å². The van der Waals surface area contributed by atoms with Gasteiger partial charge in [0.15, 0.2) is 0 Å². The second kappa shape index (κ2) is 9.06. The number of H-pyrrole nitrogens is 1. The van der Waals surface area contributed by atoms with Crippen molar-refractivity contribution in [1.82, 2.24) is 14.9 Å². The molecule has 0 fully saturated rings. The molecule has 0 saturated carbocycles. The van der Waals surface area contributed by atoms with Crippen molar-refractivity contribution in [2.45, 2.75) is 18.9 Å². The highest BCUT2D eigenvalue weighted by atomic mass is 32.1. The number of halogens is 1. The second-order valence-electron chi connectivity index (χ2n) is 6.13. The molecule has 0 spiro atoms. The first-order chi connectivity index (χ1) is 12.3. The van der Waals surface area contributed by atoms with Gasteiger partial charge in [0.2, 0.25) is 0 Å². The van der Waals surface area contributed by atoms with E-state index < -0.39 is 0 Å². The van der Waals surface area contributed by atoms with Crippen LogP contribution in [0.5, 0.6) is 0 Å². The van der Waals surface area contributed by atoms with Crippen molar-refractivity contribution in [3.8, 4) is 0 Å². The molecule has 3 heterocycles. The Bertz CT molecular complexity index is 710. The topological polar surface area (TPSA) is 41.2 Å². The summed E-state index contributed by atoms with van der Waals surface area (Å²) < 4.78 is 18.4. The van der Waals surface area contributed by atoms with Gasteiger partial charge in [0.1, 0.15) is 17.5 Å². The number of ether oxygens (including phenoxy) is 1. The number of hydrogen-bond acceptors (Lipinski definition) is 4. The van der Waals surface area contributed by atoms with Gasteiger partial charge in [0, 0.05) is 42.5 Å². The molecule has 1 aliphatic heterocycles. The lowest BCUT2D eigenvalue weighted by molar-refractivity contribution is 0.152. The van der Waals surface area contributed by atoms with Gasteiger partial charge < -0.3 is 9.72 Å². The van der Waals surface area contributed by atoms with Crippen LogP contribution >= 0.6 is 12.6 Å². The fourth-order valence-corrected chi connectivity index (χ4v) is 3.24. The molecule has 4 nitrogen and oxygen atoms in total. The predicted octanol–water partition coefficient (Wildman–Crippen LogP) is 3.84. The van der Waals surface area contributed by atoms with E-state index in [0.29, 0.717) is 6.42 Å². The smallest absolute Gasteiger partial charge is 0.137 e. The van der Waals surface area contributed by atoms with Gasteiger partial charge in [-0.15, -0.1) is 0 Å². The van der Waals surface area contributed by atoms with Crippen LogP contribution in [0.25, 0.3) is 17.1 Å². The molecule has 0 saturated heterocycles. The minimum absolute atomic E-state index is 0.0494. The third kappa shape index (κ3) is 5.09. The third-order valence-corrected chi connectivity index (χ3v) is 4.39. The molecule has 2 aromatic rings. The predicted molar refractivity (Wildman–Crippen MR) is 104 cm³/mol. The highest BCUT2D eigenvalue weighted by Crippen LogP contribution is 2.21. The van der Waals surface area contributed by atoms with Crippen LogP contribution in [0.4, 0.5) is 4.39 Å². The monoisotopic (exact) mass is 361 g/mol. The maximum Gasteiger partial charge on any atom is 0.137 e. The van der Waals surface area contributed by atoms with Crippen LogP contribution < -0.4 is 0 Å². The number of nitrogens with zero attached hydrogens (tertiary/aromatic N) is 2. The fourth-order valence-electron chi connectivity index (χ4n) is 2.95. The summed E-state index contributed by atoms with van der Waals surface area (Å²) in [7, 11) is 0. The van der Waals surface area contributed by atoms with Gasteiger partial charge in [-0.3, -0.25) is 9.29 Å². The molecule has 1 N–H and O–H groups in total. The van der Waals surface area contributed by atoms with E-state index in [1.54, 1.807) is 6.20 Å². The van der Waals surface area contributed by atoms with Crippen LogP contribution in [0.2, 0.25) is 0 Å². The molecule has 2 aromatic heterocycles. The molecule has 0 aromatic carbocycles. The molecular formula is C19H24FN3OS. The molecule has 0 radical (unpaired) electrons. The van der Waals surface area contributed by atoms with Crippen molar-refractivity contribution in [2.24, 2.45) is 0 Å². The lowest BCUT2D eigenvalue weighted by Crippen LogP contribution is -2.29. The summed E-state index contributed by atoms with van der Waals surface area (Å²) in [6.07, 6.45) is 9.48. The highest BCUT2D eigenvalue weighted by Gasteiger charge is 2.17. The van der Waals surface area contributed by atoms with E-state index in [2.05, 4.69) is 45.7 Å². The first-order valence-electron chi connectivity index (χ1n) is 8.65. The van der Waals surface area contributed by atoms with Gasteiger partial charge >= 0.3 is 0 Å². The summed E-state index contributed by atoms with van der Waals surface area (Å²) in [6.45, 7) is 2.02. The average molecular weight is 361 g/mol. The quantitative estimate of drug-likeness (QED) is 0.667. The van der Waals surface area contributed by atoms with Gasteiger partial charge in [0.25, 0.3) is 0 Å². The zero-order chi connectivity index (χ0) is 17.5. The number of alkyl halides is 1. The second-order valence-corrected chi connectivity index (χ2v) is 6.58. The zero-order valence-corrected chi connectivity index (χ0v) is 15.1. The van der Waals surface area contributed by atoms with E-state index in [-0.39, 0.29) is 12.8 Å². The van der Waals surface area contributed by atoms with Crippen molar-refractivity contribution in [2.75, 3.05) is 32.1 Å². The number of pyridine rings is 1. The molecule has 1 unspecified atom stereocenters. The number of aromatic amines is 1. The Balaban J connectivity index is 1.52. The number of aromatic nitrogens is 2. The maximum atomic E-state index is 12.4. The molecule has 1 atom stereocenters. The van der Waals surface area contributed by atoms with E-state index in [4.69, 9.17) is 4.74 Å². The highest BCUT2D eigenvalue weighted by molar-refractivity contribution is 7.80. The Morgan fingerprint density at radius 1 is 1.44 bits per heavy atom. The zero-order valence-electron chi connectivity index (χ0n) is 14.2. The largest absolute Gasteiger partial charge is 0.489 e. The summed E-state index contributed by atoms with van der Waals surface area (Å²) in [5.74, 6) is 1.73. The van der Waals surface area contributed by atoms with E-state index in [9.17, 15) is 4.39 Å². The van der Waals surface area contributed by atoms with Crippen molar-refractivity contribution in [1.29, 1.82) is 0 Å². The first kappa shape index (κ1) is 18.0. The molecule has 134 valence electrons. The Labute approximate surface area is 153 Å². The van der Waals surface area contributed by atoms with Crippen LogP contribution in [0.1, 0.15) is 18.5 Å². The Morgan fingerprint density at radius 2 is 2.36 bits per heavy atom. The minimum Gasteiger partial charge on any atom is -0.489 e. The van der Waals surface area contributed by atoms with Crippen LogP contribution in [-0.4, -0.2) is 53.0 Å². The lowest BCUT2D eigenvalue weighted by atomic mass is 10.2. The maximum absolute atomic E-state index is 12.4. The molecule has 1 aliphatic rings. The summed E-state index contributed by atoms with van der Waals surface area (Å²) in [6, 6.07) is 6.04. The summed E-state index contributed by atoms with van der Waals surface area (Å²) in [4.78, 5) is 9.77. The molecule has 3 rings (SSSR count). The number of thiol groups is 1. The van der Waals surface area contributed by atoms with Crippen LogP contribution in [-0.2, 0) is 4.74 Å². The van der Waals surface area contributed by atoms with Crippen molar-refractivity contribution < 1.29 is 9.13 Å². The normalized spacial score (nSPS) is 17.6. The lowest BCUT2D eigenvalue weighted by Gasteiger charge is -2.21. The van der Waals surface area contributed by atoms with Gasteiger partial charge in [-0.1, -0.05) is 0 Å². The standard InChI is InChI=1S/C19H24FN3OS/c20-8-2-10-23(11-12-25)14-18-7-6-17(24-18)5-4-16-13-15-3-1-9-21-19(15)22-16/h1,3-5,7,9,13,17,25H,2,6,8,10-12,14H2,(H,21,22)/b5-4+. The number of nitrogens with one attached hydrogen (secondary N) is 1. The molecule has 6 heteroatoms. The number of hydrogen-bond donors (Lipinski definition) is 2. The average Bonchev–Trinajstić information content (AvgIpc) is 3.24. The Morgan fingerprint density at radius 3 is 3.16 bits per heavy atom. The minimum atomic E-state index is -0.284. The van der Waals surface area contributed by atoms with E-state index in [0.717, 1.165) is 54.3 Å². The SMILES string of the molecule is FCCCN(CCS)CC1=CCC(/C=C/c2cc3cccnc3[nH]2)O1. The summed E-state index contributed by atoms with van der Waals surface area (Å²) in [5, 5.41) is 1.10. The van der Waals surface area contributed by atoms with Gasteiger partial charge in [-0.25, -0.2) is 4.98 Å². The van der Waals surface area contributed by atoms with Crippen LogP contribution in [0.15, 0.2) is 42.3 Å². The van der Waals surface area contributed by atoms with E-state index in [1.165, 1.54) is 0 Å². The van der Waals surface area contributed by atoms with Crippen LogP contribution in [0, 0.1) is 0 Å². The number of rotatable bonds is 9. The van der Waals surface area contributed by atoms with Crippen LogP contribution in [0.3, 0.4) is 0 Å². The first-order valence-corrected chi connectivity index (χ1v) is 9.28. The van der Waals surface area contributed by atoms with Gasteiger partial charge in [0.05, 0.1) is 13.2 Å². The van der Waals surface area contributed by atoms with Crippen molar-refractivity contribution >= 4 is 29.7 Å². The van der Waals surface area contributed by atoms with E-state index >= 15 is 0 Å². The summed E-state index contributed by atoms with van der Waals surface area (Å²) >= 11 is 4.28. The molecule has 0 amide bonds. The number of fused-ring (bicyclic) bond motifs is 1. The molecule has 0 aliphatic carbocycles. The van der Waals surface area contributed by atoms with Crippen molar-refractivity contribution in [3.63, 3.8) is 0 Å². The fraction of sp³-hybridized carbons (Fsp3) is 0.421. The summed E-state index contributed by atoms with van der Waals surface area (Å²) in [5.41, 5.74) is 1.91. The Kier molecular flexibility index (Phi) is 6.53. The molecule has 25 heavy (non-hydrogen) atoms. The van der Waals surface area contributed by atoms with Gasteiger partial charge in [-0.05, 0) is 42.8 Å². The van der Waals surface area contributed by atoms with E-state index in [1.807, 2.05) is 18.2 Å². The molecule has 0 bridgehead atoms. The molecular weight excluding hydrogens is 337 g/mol. The van der Waals surface area contributed by atoms with Gasteiger partial charge in [-0.2, -0.15) is 12.6 Å².